The lowest BCUT2D eigenvalue weighted by atomic mass is 9.99. The van der Waals surface area contributed by atoms with Crippen LogP contribution in [0.2, 0.25) is 4.34 Å². The normalized spacial score (nSPS) is 17.1. The van der Waals surface area contributed by atoms with Crippen molar-refractivity contribution in [1.29, 1.82) is 0 Å². The zero-order valence-electron chi connectivity index (χ0n) is 14.2. The van der Waals surface area contributed by atoms with E-state index in [2.05, 4.69) is 15.5 Å². The molecule has 5 nitrogen and oxygen atoms in total. The number of aromatic nitrogens is 1. The van der Waals surface area contributed by atoms with Gasteiger partial charge in [-0.1, -0.05) is 47.1 Å². The average molecular weight is 398 g/mol. The number of hydrogen-bond acceptors (Lipinski definition) is 5. The lowest BCUT2D eigenvalue weighted by Crippen LogP contribution is -2.37. The van der Waals surface area contributed by atoms with Crippen molar-refractivity contribution in [2.75, 3.05) is 0 Å². The smallest absolute Gasteiger partial charge is 0.265 e. The monoisotopic (exact) mass is 397 g/mol. The van der Waals surface area contributed by atoms with E-state index in [1.807, 2.05) is 54.6 Å². The lowest BCUT2D eigenvalue weighted by Gasteiger charge is -2.21. The quantitative estimate of drug-likeness (QED) is 0.701. The number of halogens is 1. The molecule has 7 heteroatoms. The molecule has 3 aromatic rings. The number of nitrogens with zero attached hydrogens (tertiary/aromatic N) is 2. The molecule has 0 saturated carbocycles. The first-order chi connectivity index (χ1) is 13.2. The summed E-state index contributed by atoms with van der Waals surface area (Å²) in [6, 6.07) is 17.0. The molecule has 2 aromatic heterocycles. The van der Waals surface area contributed by atoms with E-state index in [1.54, 1.807) is 12.4 Å². The second-order valence-electron chi connectivity index (χ2n) is 6.07. The van der Waals surface area contributed by atoms with Gasteiger partial charge in [-0.3, -0.25) is 9.78 Å². The summed E-state index contributed by atoms with van der Waals surface area (Å²) in [4.78, 5) is 23.2. The van der Waals surface area contributed by atoms with E-state index in [-0.39, 0.29) is 11.9 Å². The Bertz CT molecular complexity index is 920. The van der Waals surface area contributed by atoms with Gasteiger partial charge < -0.3 is 10.2 Å². The first-order valence-electron chi connectivity index (χ1n) is 8.44. The summed E-state index contributed by atoms with van der Waals surface area (Å²) in [7, 11) is 0. The van der Waals surface area contributed by atoms with Crippen molar-refractivity contribution in [1.82, 2.24) is 10.3 Å². The largest absolute Gasteiger partial charge is 0.382 e. The molecule has 0 fully saturated rings. The lowest BCUT2D eigenvalue weighted by molar-refractivity contribution is -0.131. The van der Waals surface area contributed by atoms with Gasteiger partial charge in [0, 0.05) is 18.8 Å². The van der Waals surface area contributed by atoms with Gasteiger partial charge in [-0.15, -0.1) is 11.3 Å². The number of rotatable bonds is 5. The Labute approximate surface area is 165 Å². The third-order valence-electron chi connectivity index (χ3n) is 4.28. The van der Waals surface area contributed by atoms with Crippen LogP contribution in [0, 0.1) is 0 Å². The van der Waals surface area contributed by atoms with E-state index in [1.165, 1.54) is 11.3 Å². The van der Waals surface area contributed by atoms with Crippen LogP contribution >= 0.6 is 22.9 Å². The molecule has 1 aliphatic heterocycles. The molecule has 0 aliphatic carbocycles. The topological polar surface area (TPSA) is 63.6 Å². The fraction of sp³-hybridized carbons (Fsp3) is 0.150. The van der Waals surface area contributed by atoms with E-state index in [0.29, 0.717) is 10.8 Å². The molecular weight excluding hydrogens is 382 g/mol. The zero-order valence-corrected chi connectivity index (χ0v) is 15.8. The Morgan fingerprint density at radius 3 is 2.56 bits per heavy atom. The summed E-state index contributed by atoms with van der Waals surface area (Å²) >= 11 is 7.40. The van der Waals surface area contributed by atoms with Gasteiger partial charge in [0.05, 0.1) is 15.3 Å². The minimum absolute atomic E-state index is 0.206. The molecule has 136 valence electrons. The van der Waals surface area contributed by atoms with Crippen LogP contribution in [0.15, 0.2) is 72.1 Å². The zero-order chi connectivity index (χ0) is 18.6. The van der Waals surface area contributed by atoms with Crippen LogP contribution in [0.3, 0.4) is 0 Å². The summed E-state index contributed by atoms with van der Waals surface area (Å²) in [5, 5.41) is 7.15. The molecule has 0 radical (unpaired) electrons. The number of hydrogen-bond donors (Lipinski definition) is 1. The molecule has 27 heavy (non-hydrogen) atoms. The predicted octanol–water partition coefficient (Wildman–Crippen LogP) is 4.20. The Morgan fingerprint density at radius 2 is 1.85 bits per heavy atom. The van der Waals surface area contributed by atoms with Gasteiger partial charge in [0.1, 0.15) is 5.71 Å². The van der Waals surface area contributed by atoms with Crippen molar-refractivity contribution in [3.8, 4) is 0 Å². The molecule has 3 heterocycles. The summed E-state index contributed by atoms with van der Waals surface area (Å²) < 4.78 is 0.683. The maximum Gasteiger partial charge on any atom is 0.265 e. The first-order valence-corrected chi connectivity index (χ1v) is 9.64. The number of oxime groups is 1. The van der Waals surface area contributed by atoms with Crippen LogP contribution in [-0.2, 0) is 9.63 Å². The van der Waals surface area contributed by atoms with Crippen molar-refractivity contribution in [2.45, 2.75) is 18.6 Å². The van der Waals surface area contributed by atoms with Crippen LogP contribution in [0.5, 0.6) is 0 Å². The van der Waals surface area contributed by atoms with Gasteiger partial charge in [0.25, 0.3) is 5.91 Å². The molecule has 0 bridgehead atoms. The standard InChI is InChI=1S/C20H16ClN3O2S/c21-18-7-6-17(27-18)15-12-16(26-24-15)20(25)23-19(13-4-2-1-3-5-13)14-8-10-22-11-9-14/h1-11,16,19H,12H2,(H,23,25)/t16-,19-/m0/s1. The van der Waals surface area contributed by atoms with E-state index < -0.39 is 6.10 Å². The fourth-order valence-corrected chi connectivity index (χ4v) is 3.96. The highest BCUT2D eigenvalue weighted by Gasteiger charge is 2.31. The van der Waals surface area contributed by atoms with Gasteiger partial charge in [-0.2, -0.15) is 0 Å². The Morgan fingerprint density at radius 1 is 1.11 bits per heavy atom. The van der Waals surface area contributed by atoms with Crippen molar-refractivity contribution in [2.24, 2.45) is 5.16 Å². The Kier molecular flexibility index (Phi) is 5.18. The molecule has 0 saturated heterocycles. The number of benzene rings is 1. The van der Waals surface area contributed by atoms with Crippen LogP contribution in [0.4, 0.5) is 0 Å². The van der Waals surface area contributed by atoms with E-state index >= 15 is 0 Å². The average Bonchev–Trinajstić information content (AvgIpc) is 3.36. The number of nitrogens with one attached hydrogen (secondary N) is 1. The molecule has 1 aromatic carbocycles. The molecule has 1 amide bonds. The van der Waals surface area contributed by atoms with Crippen molar-refractivity contribution >= 4 is 34.6 Å². The summed E-state index contributed by atoms with van der Waals surface area (Å²) in [6.45, 7) is 0. The van der Waals surface area contributed by atoms with Gasteiger partial charge in [-0.05, 0) is 35.4 Å². The molecule has 0 unspecified atom stereocenters. The summed E-state index contributed by atoms with van der Waals surface area (Å²) in [5.41, 5.74) is 2.68. The second-order valence-corrected chi connectivity index (χ2v) is 7.79. The molecule has 1 N–H and O–H groups in total. The molecule has 4 rings (SSSR count). The predicted molar refractivity (Wildman–Crippen MR) is 106 cm³/mol. The third-order valence-corrected chi connectivity index (χ3v) is 5.56. The maximum atomic E-state index is 12.8. The molecule has 2 atom stereocenters. The number of pyridine rings is 1. The third kappa shape index (κ3) is 4.02. The van der Waals surface area contributed by atoms with Gasteiger partial charge >= 0.3 is 0 Å². The maximum absolute atomic E-state index is 12.8. The number of carbonyl (C=O) groups is 1. The summed E-state index contributed by atoms with van der Waals surface area (Å²) in [6.07, 6.45) is 3.19. The van der Waals surface area contributed by atoms with Gasteiger partial charge in [0.2, 0.25) is 6.10 Å². The highest BCUT2D eigenvalue weighted by molar-refractivity contribution is 7.18. The van der Waals surface area contributed by atoms with Crippen LogP contribution in [0.1, 0.15) is 28.5 Å². The SMILES string of the molecule is O=C(N[C@@H](c1ccccc1)c1ccncc1)[C@@H]1CC(c2ccc(Cl)s2)=NO1. The van der Waals surface area contributed by atoms with Crippen molar-refractivity contribution in [3.63, 3.8) is 0 Å². The fourth-order valence-electron chi connectivity index (χ4n) is 2.93. The van der Waals surface area contributed by atoms with Crippen LogP contribution in [-0.4, -0.2) is 22.7 Å². The number of carbonyl (C=O) groups excluding carboxylic acids is 1. The highest BCUT2D eigenvalue weighted by Crippen LogP contribution is 2.27. The second kappa shape index (κ2) is 7.90. The first kappa shape index (κ1) is 17.7. The van der Waals surface area contributed by atoms with E-state index in [0.717, 1.165) is 21.7 Å². The van der Waals surface area contributed by atoms with Gasteiger partial charge in [-0.25, -0.2) is 0 Å². The molecular formula is C20H16ClN3O2S. The van der Waals surface area contributed by atoms with E-state index in [4.69, 9.17) is 16.4 Å². The molecule has 0 spiro atoms. The van der Waals surface area contributed by atoms with Crippen LogP contribution in [0.25, 0.3) is 0 Å². The van der Waals surface area contributed by atoms with E-state index in [9.17, 15) is 4.79 Å². The Balaban J connectivity index is 1.50. The highest BCUT2D eigenvalue weighted by atomic mass is 35.5. The Hall–Kier alpha value is -2.70. The minimum Gasteiger partial charge on any atom is -0.382 e. The van der Waals surface area contributed by atoms with Crippen molar-refractivity contribution in [3.05, 3.63) is 87.3 Å². The van der Waals surface area contributed by atoms with Crippen molar-refractivity contribution < 1.29 is 9.63 Å². The number of amides is 1. The molecule has 1 aliphatic rings. The minimum atomic E-state index is -0.658. The van der Waals surface area contributed by atoms with Crippen LogP contribution < -0.4 is 5.32 Å². The van der Waals surface area contributed by atoms with Gasteiger partial charge in [0.15, 0.2) is 0 Å². The number of thiophene rings is 1. The summed E-state index contributed by atoms with van der Waals surface area (Å²) in [5.74, 6) is -0.206.